The first-order chi connectivity index (χ1) is 7.68. The number of carbonyl (C=O) groups is 2. The Kier molecular flexibility index (Phi) is 3.56. The third-order valence-electron chi connectivity index (χ3n) is 3.42. The van der Waals surface area contributed by atoms with E-state index in [1.54, 1.807) is 0 Å². The molecule has 16 heavy (non-hydrogen) atoms. The van der Waals surface area contributed by atoms with Crippen LogP contribution in [0.1, 0.15) is 19.3 Å². The number of hydrogen-bond acceptors (Lipinski definition) is 4. The van der Waals surface area contributed by atoms with Crippen molar-refractivity contribution < 1.29 is 9.59 Å². The van der Waals surface area contributed by atoms with Crippen LogP contribution in [0.15, 0.2) is 0 Å². The highest BCUT2D eigenvalue weighted by molar-refractivity contribution is 5.97. The molecule has 0 radical (unpaired) electrons. The zero-order chi connectivity index (χ0) is 11.5. The van der Waals surface area contributed by atoms with E-state index >= 15 is 0 Å². The van der Waals surface area contributed by atoms with Crippen molar-refractivity contribution in [3.8, 4) is 0 Å². The summed E-state index contributed by atoms with van der Waals surface area (Å²) in [5, 5.41) is 3.27. The van der Waals surface area contributed by atoms with Crippen LogP contribution in [0.5, 0.6) is 0 Å². The molecule has 90 valence electrons. The second-order valence-electron chi connectivity index (χ2n) is 4.60. The Hall–Kier alpha value is -0.940. The van der Waals surface area contributed by atoms with Gasteiger partial charge in [-0.05, 0) is 26.4 Å². The van der Waals surface area contributed by atoms with Gasteiger partial charge in [0.2, 0.25) is 11.8 Å². The fraction of sp³-hybridized carbons (Fsp3) is 0.818. The first-order valence-corrected chi connectivity index (χ1v) is 5.92. The summed E-state index contributed by atoms with van der Waals surface area (Å²) in [6, 6.07) is 0.432. The molecule has 0 saturated carbocycles. The van der Waals surface area contributed by atoms with Crippen LogP contribution < -0.4 is 5.32 Å². The SMILES string of the molecule is CN(CC(=O)N1CCCC1=O)C1CCNC1. The van der Waals surface area contributed by atoms with E-state index in [0.717, 1.165) is 25.9 Å². The topological polar surface area (TPSA) is 52.7 Å². The number of imide groups is 1. The number of amides is 2. The lowest BCUT2D eigenvalue weighted by molar-refractivity contribution is -0.142. The molecule has 2 heterocycles. The lowest BCUT2D eigenvalue weighted by Gasteiger charge is -2.24. The van der Waals surface area contributed by atoms with Gasteiger partial charge in [-0.1, -0.05) is 0 Å². The standard InChI is InChI=1S/C11H19N3O2/c1-13(9-4-5-12-7-9)8-11(16)14-6-2-3-10(14)15/h9,12H,2-8H2,1H3. The van der Waals surface area contributed by atoms with E-state index in [2.05, 4.69) is 5.32 Å². The number of nitrogens with zero attached hydrogens (tertiary/aromatic N) is 2. The highest BCUT2D eigenvalue weighted by atomic mass is 16.2. The maximum atomic E-state index is 11.9. The van der Waals surface area contributed by atoms with Gasteiger partial charge in [-0.15, -0.1) is 0 Å². The summed E-state index contributed by atoms with van der Waals surface area (Å²) in [5.74, 6) is -0.0557. The largest absolute Gasteiger partial charge is 0.315 e. The third kappa shape index (κ3) is 2.41. The Morgan fingerprint density at radius 3 is 3.00 bits per heavy atom. The molecule has 1 unspecified atom stereocenters. The van der Waals surface area contributed by atoms with Crippen molar-refractivity contribution in [3.05, 3.63) is 0 Å². The number of likely N-dealkylation sites (tertiary alicyclic amines) is 1. The number of hydrogen-bond donors (Lipinski definition) is 1. The van der Waals surface area contributed by atoms with Crippen molar-refractivity contribution in [2.75, 3.05) is 33.2 Å². The van der Waals surface area contributed by atoms with Crippen molar-refractivity contribution in [2.45, 2.75) is 25.3 Å². The first-order valence-electron chi connectivity index (χ1n) is 5.92. The lowest BCUT2D eigenvalue weighted by atomic mass is 10.2. The molecule has 2 aliphatic rings. The average molecular weight is 225 g/mol. The summed E-state index contributed by atoms with van der Waals surface area (Å²) in [7, 11) is 1.95. The van der Waals surface area contributed by atoms with Crippen molar-refractivity contribution in [1.29, 1.82) is 0 Å². The molecule has 0 bridgehead atoms. The second-order valence-corrected chi connectivity index (χ2v) is 4.60. The molecule has 0 spiro atoms. The molecule has 1 atom stereocenters. The third-order valence-corrected chi connectivity index (χ3v) is 3.42. The van der Waals surface area contributed by atoms with Gasteiger partial charge in [0, 0.05) is 25.6 Å². The summed E-state index contributed by atoms with van der Waals surface area (Å²) in [5.41, 5.74) is 0. The van der Waals surface area contributed by atoms with Crippen LogP contribution in [0.3, 0.4) is 0 Å². The van der Waals surface area contributed by atoms with E-state index in [9.17, 15) is 9.59 Å². The minimum absolute atomic E-state index is 0.0112. The van der Waals surface area contributed by atoms with Crippen molar-refractivity contribution in [1.82, 2.24) is 15.1 Å². The summed E-state index contributed by atoms with van der Waals surface area (Å²) < 4.78 is 0. The Balaban J connectivity index is 1.84. The van der Waals surface area contributed by atoms with Gasteiger partial charge < -0.3 is 5.32 Å². The molecule has 0 aliphatic carbocycles. The monoisotopic (exact) mass is 225 g/mol. The predicted molar refractivity (Wildman–Crippen MR) is 59.9 cm³/mol. The Morgan fingerprint density at radius 1 is 1.62 bits per heavy atom. The van der Waals surface area contributed by atoms with E-state index in [-0.39, 0.29) is 11.8 Å². The molecule has 1 N–H and O–H groups in total. The van der Waals surface area contributed by atoms with Gasteiger partial charge in [-0.2, -0.15) is 0 Å². The number of carbonyl (C=O) groups excluding carboxylic acids is 2. The molecular weight excluding hydrogens is 206 g/mol. The van der Waals surface area contributed by atoms with Crippen molar-refractivity contribution >= 4 is 11.8 Å². The van der Waals surface area contributed by atoms with Crippen LogP contribution in [-0.4, -0.2) is 60.9 Å². The number of likely N-dealkylation sites (N-methyl/N-ethyl adjacent to an activating group) is 1. The summed E-state index contributed by atoms with van der Waals surface area (Å²) in [6.45, 7) is 2.93. The normalized spacial score (nSPS) is 25.8. The maximum absolute atomic E-state index is 11.9. The second kappa shape index (κ2) is 4.93. The van der Waals surface area contributed by atoms with E-state index in [4.69, 9.17) is 0 Å². The predicted octanol–water partition coefficient (Wildman–Crippen LogP) is -0.571. The molecule has 2 rings (SSSR count). The van der Waals surface area contributed by atoms with Gasteiger partial charge in [0.05, 0.1) is 6.54 Å². The van der Waals surface area contributed by atoms with Crippen LogP contribution in [0.25, 0.3) is 0 Å². The molecule has 0 aromatic heterocycles. The van der Waals surface area contributed by atoms with Crippen LogP contribution in [0, 0.1) is 0 Å². The van der Waals surface area contributed by atoms with Crippen LogP contribution in [0.4, 0.5) is 0 Å². The van der Waals surface area contributed by atoms with E-state index < -0.39 is 0 Å². The molecule has 2 aliphatic heterocycles. The zero-order valence-corrected chi connectivity index (χ0v) is 9.74. The lowest BCUT2D eigenvalue weighted by Crippen LogP contribution is -2.43. The maximum Gasteiger partial charge on any atom is 0.243 e. The van der Waals surface area contributed by atoms with Crippen molar-refractivity contribution in [2.24, 2.45) is 0 Å². The van der Waals surface area contributed by atoms with Crippen LogP contribution in [-0.2, 0) is 9.59 Å². The fourth-order valence-electron chi connectivity index (χ4n) is 2.36. The van der Waals surface area contributed by atoms with Gasteiger partial charge >= 0.3 is 0 Å². The summed E-state index contributed by atoms with van der Waals surface area (Å²) >= 11 is 0. The Morgan fingerprint density at radius 2 is 2.44 bits per heavy atom. The van der Waals surface area contributed by atoms with Crippen LogP contribution >= 0.6 is 0 Å². The Bertz CT molecular complexity index is 287. The number of rotatable bonds is 3. The quantitative estimate of drug-likeness (QED) is 0.699. The Labute approximate surface area is 95.8 Å². The minimum atomic E-state index is -0.0445. The molecule has 5 nitrogen and oxygen atoms in total. The van der Waals surface area contributed by atoms with Crippen LogP contribution in [0.2, 0.25) is 0 Å². The van der Waals surface area contributed by atoms with Gasteiger partial charge in [0.25, 0.3) is 0 Å². The molecule has 5 heteroatoms. The van der Waals surface area contributed by atoms with Gasteiger partial charge in [0.15, 0.2) is 0 Å². The van der Waals surface area contributed by atoms with E-state index in [0.29, 0.717) is 25.6 Å². The first kappa shape index (κ1) is 11.5. The fourth-order valence-corrected chi connectivity index (χ4v) is 2.36. The van der Waals surface area contributed by atoms with Gasteiger partial charge in [-0.25, -0.2) is 0 Å². The average Bonchev–Trinajstić information content (AvgIpc) is 2.86. The molecule has 2 fully saturated rings. The number of nitrogens with one attached hydrogen (secondary N) is 1. The van der Waals surface area contributed by atoms with E-state index in [1.165, 1.54) is 4.90 Å². The van der Waals surface area contributed by atoms with Gasteiger partial charge in [0.1, 0.15) is 0 Å². The van der Waals surface area contributed by atoms with E-state index in [1.807, 2.05) is 11.9 Å². The highest BCUT2D eigenvalue weighted by Gasteiger charge is 2.28. The van der Waals surface area contributed by atoms with Crippen molar-refractivity contribution in [3.63, 3.8) is 0 Å². The highest BCUT2D eigenvalue weighted by Crippen LogP contribution is 2.11. The smallest absolute Gasteiger partial charge is 0.243 e. The molecule has 0 aromatic carbocycles. The molecular formula is C11H19N3O2. The molecule has 2 amide bonds. The summed E-state index contributed by atoms with van der Waals surface area (Å²) in [4.78, 5) is 26.7. The summed E-state index contributed by atoms with van der Waals surface area (Å²) in [6.07, 6.45) is 2.43. The van der Waals surface area contributed by atoms with Gasteiger partial charge in [-0.3, -0.25) is 19.4 Å². The minimum Gasteiger partial charge on any atom is -0.315 e. The zero-order valence-electron chi connectivity index (χ0n) is 9.74. The molecule has 2 saturated heterocycles. The molecule has 0 aromatic rings.